The molecule has 2 amide bonds. The Hall–Kier alpha value is -1.64. The number of fused-ring (bicyclic) bond motifs is 1. The summed E-state index contributed by atoms with van der Waals surface area (Å²) in [5.41, 5.74) is 1.98. The summed E-state index contributed by atoms with van der Waals surface area (Å²) in [6.07, 6.45) is 0. The minimum absolute atomic E-state index is 0.367. The van der Waals surface area contributed by atoms with Crippen molar-refractivity contribution in [3.8, 4) is 0 Å². The Kier molecular flexibility index (Phi) is 3.50. The number of thiol groups is 1. The fourth-order valence-corrected chi connectivity index (χ4v) is 1.60. The van der Waals surface area contributed by atoms with E-state index in [0.717, 1.165) is 11.0 Å². The van der Waals surface area contributed by atoms with Crippen molar-refractivity contribution >= 4 is 51.8 Å². The monoisotopic (exact) mass is 282 g/mol. The minimum atomic E-state index is -0.626. The Morgan fingerprint density at radius 1 is 1.61 bits per heavy atom. The van der Waals surface area contributed by atoms with Crippen molar-refractivity contribution in [1.29, 1.82) is 0 Å². The summed E-state index contributed by atoms with van der Waals surface area (Å²) in [5, 5.41) is 11.9. The third kappa shape index (κ3) is 2.61. The molecule has 1 aromatic carbocycles. The van der Waals surface area contributed by atoms with Crippen LogP contribution in [0, 0.1) is 0 Å². The van der Waals surface area contributed by atoms with Crippen LogP contribution in [-0.2, 0) is 0 Å². The summed E-state index contributed by atoms with van der Waals surface area (Å²) < 4.78 is 0.367. The number of hydroxylamine groups is 2. The Bertz CT molecular complexity index is 623. The number of imidazole rings is 1. The molecule has 94 valence electrons. The van der Waals surface area contributed by atoms with E-state index in [-0.39, 0.29) is 0 Å². The number of hydrogen-bond donors (Lipinski definition) is 4. The largest absolute Gasteiger partial charge is 0.345 e. The molecule has 0 saturated heterocycles. The Morgan fingerprint density at radius 3 is 2.94 bits per heavy atom. The van der Waals surface area contributed by atoms with Crippen LogP contribution in [-0.4, -0.2) is 37.5 Å². The van der Waals surface area contributed by atoms with Crippen molar-refractivity contribution in [3.05, 3.63) is 24.0 Å². The first kappa shape index (κ1) is 12.8. The van der Waals surface area contributed by atoms with Crippen LogP contribution < -0.4 is 5.32 Å². The lowest BCUT2D eigenvalue weighted by Gasteiger charge is -2.09. The van der Waals surface area contributed by atoms with Gasteiger partial charge in [-0.05, 0) is 18.2 Å². The van der Waals surface area contributed by atoms with Crippen LogP contribution >= 0.6 is 24.8 Å². The fourth-order valence-electron chi connectivity index (χ4n) is 1.39. The van der Waals surface area contributed by atoms with Crippen LogP contribution in [0.3, 0.4) is 0 Å². The number of carbonyl (C=O) groups excluding carboxylic acids is 1. The highest BCUT2D eigenvalue weighted by atomic mass is 32.1. The van der Waals surface area contributed by atoms with Crippen molar-refractivity contribution in [3.63, 3.8) is 0 Å². The van der Waals surface area contributed by atoms with Gasteiger partial charge in [-0.1, -0.05) is 12.2 Å². The maximum atomic E-state index is 11.3. The number of aromatic amines is 1. The van der Waals surface area contributed by atoms with Gasteiger partial charge in [-0.25, -0.2) is 14.8 Å². The zero-order valence-electron chi connectivity index (χ0n) is 9.34. The molecule has 1 heterocycles. The van der Waals surface area contributed by atoms with E-state index in [1.54, 1.807) is 18.2 Å². The second-order valence-electron chi connectivity index (χ2n) is 3.58. The average molecular weight is 282 g/mol. The third-order valence-corrected chi connectivity index (χ3v) is 2.63. The van der Waals surface area contributed by atoms with Crippen molar-refractivity contribution in [2.24, 2.45) is 0 Å². The lowest BCUT2D eigenvalue weighted by Crippen LogP contribution is -2.27. The zero-order valence-corrected chi connectivity index (χ0v) is 11.0. The predicted molar refractivity (Wildman–Crippen MR) is 75.3 cm³/mol. The number of benzene rings is 1. The quantitative estimate of drug-likeness (QED) is 0.294. The predicted octanol–water partition coefficient (Wildman–Crippen LogP) is 2.02. The Morgan fingerprint density at radius 2 is 2.33 bits per heavy atom. The standard InChI is InChI=1S/C10H10N4O2S2/c1-14(16)10(15)11-5-2-3-6-7(4-5)13-8(12-6)9(17)18/h2-4,16H,1H3,(H,11,15)(H,12,13)(H,17,18). The van der Waals surface area contributed by atoms with E-state index in [4.69, 9.17) is 17.4 Å². The summed E-state index contributed by atoms with van der Waals surface area (Å²) in [4.78, 5) is 18.5. The number of urea groups is 1. The molecule has 0 unspecified atom stereocenters. The van der Waals surface area contributed by atoms with E-state index in [0.29, 0.717) is 20.8 Å². The molecule has 0 spiro atoms. The maximum Gasteiger partial charge on any atom is 0.345 e. The van der Waals surface area contributed by atoms with E-state index >= 15 is 0 Å². The highest BCUT2D eigenvalue weighted by Crippen LogP contribution is 2.18. The topological polar surface area (TPSA) is 81.2 Å². The molecule has 0 aliphatic rings. The van der Waals surface area contributed by atoms with Gasteiger partial charge in [0.25, 0.3) is 0 Å². The molecule has 0 atom stereocenters. The summed E-state index contributed by atoms with van der Waals surface area (Å²) in [6, 6.07) is 4.47. The first-order valence-electron chi connectivity index (χ1n) is 4.94. The van der Waals surface area contributed by atoms with E-state index in [1.807, 2.05) is 0 Å². The molecule has 8 heteroatoms. The molecule has 0 bridgehead atoms. The molecule has 3 N–H and O–H groups in total. The van der Waals surface area contributed by atoms with Gasteiger partial charge in [-0.2, -0.15) is 0 Å². The number of nitrogens with zero attached hydrogens (tertiary/aromatic N) is 2. The van der Waals surface area contributed by atoms with E-state index < -0.39 is 6.03 Å². The Balaban J connectivity index is 2.32. The second-order valence-corrected chi connectivity index (χ2v) is 4.73. The van der Waals surface area contributed by atoms with Gasteiger partial charge in [0.2, 0.25) is 0 Å². The minimum Gasteiger partial charge on any atom is -0.337 e. The summed E-state index contributed by atoms with van der Waals surface area (Å²) in [6.45, 7) is 0. The third-order valence-electron chi connectivity index (χ3n) is 2.23. The maximum absolute atomic E-state index is 11.3. The van der Waals surface area contributed by atoms with E-state index in [9.17, 15) is 4.79 Å². The number of aromatic nitrogens is 2. The van der Waals surface area contributed by atoms with Crippen molar-refractivity contribution in [2.45, 2.75) is 0 Å². The zero-order chi connectivity index (χ0) is 13.3. The second kappa shape index (κ2) is 4.92. The smallest absolute Gasteiger partial charge is 0.337 e. The van der Waals surface area contributed by atoms with Crippen molar-refractivity contribution in [1.82, 2.24) is 15.0 Å². The van der Waals surface area contributed by atoms with Gasteiger partial charge >= 0.3 is 6.03 Å². The number of nitrogens with one attached hydrogen (secondary N) is 2. The average Bonchev–Trinajstić information content (AvgIpc) is 2.71. The van der Waals surface area contributed by atoms with Gasteiger partial charge < -0.3 is 10.3 Å². The molecule has 0 fully saturated rings. The first-order chi connectivity index (χ1) is 8.47. The van der Waals surface area contributed by atoms with Gasteiger partial charge in [0.05, 0.1) is 11.0 Å². The van der Waals surface area contributed by atoms with Crippen molar-refractivity contribution < 1.29 is 10.0 Å². The summed E-state index contributed by atoms with van der Waals surface area (Å²) in [5.74, 6) is 0.506. The lowest BCUT2D eigenvalue weighted by atomic mass is 10.3. The van der Waals surface area contributed by atoms with Gasteiger partial charge in [-0.15, -0.1) is 12.6 Å². The Labute approximate surface area is 113 Å². The van der Waals surface area contributed by atoms with Crippen LogP contribution in [0.15, 0.2) is 18.2 Å². The van der Waals surface area contributed by atoms with Gasteiger partial charge in [0.1, 0.15) is 4.20 Å². The summed E-state index contributed by atoms with van der Waals surface area (Å²) in [7, 11) is 1.24. The molecule has 6 nitrogen and oxygen atoms in total. The first-order valence-corrected chi connectivity index (χ1v) is 5.79. The van der Waals surface area contributed by atoms with Crippen molar-refractivity contribution in [2.75, 3.05) is 12.4 Å². The van der Waals surface area contributed by atoms with Crippen LogP contribution in [0.1, 0.15) is 5.82 Å². The number of anilines is 1. The molecule has 18 heavy (non-hydrogen) atoms. The highest BCUT2D eigenvalue weighted by Gasteiger charge is 2.08. The molecule has 0 saturated carbocycles. The van der Waals surface area contributed by atoms with Gasteiger partial charge in [0.15, 0.2) is 5.82 Å². The lowest BCUT2D eigenvalue weighted by molar-refractivity contribution is -0.0118. The van der Waals surface area contributed by atoms with Crippen LogP contribution in [0.5, 0.6) is 0 Å². The normalized spacial score (nSPS) is 10.4. The number of carbonyl (C=O) groups is 1. The van der Waals surface area contributed by atoms with Crippen LogP contribution in [0.2, 0.25) is 0 Å². The number of H-pyrrole nitrogens is 1. The van der Waals surface area contributed by atoms with E-state index in [1.165, 1.54) is 7.05 Å². The molecule has 0 aliphatic heterocycles. The molecule has 0 aliphatic carbocycles. The molecular formula is C10H10N4O2S2. The number of rotatable bonds is 2. The SMILES string of the molecule is CN(O)C(=O)Nc1ccc2nc(C(=S)S)[nH]c2c1. The molecule has 0 radical (unpaired) electrons. The molecular weight excluding hydrogens is 272 g/mol. The number of thiocarbonyl (C=S) groups is 1. The highest BCUT2D eigenvalue weighted by molar-refractivity contribution is 8.11. The van der Waals surface area contributed by atoms with Gasteiger partial charge in [0, 0.05) is 12.7 Å². The molecule has 2 aromatic rings. The number of hydrogen-bond acceptors (Lipinski definition) is 4. The molecule has 1 aromatic heterocycles. The molecule has 2 rings (SSSR count). The van der Waals surface area contributed by atoms with Crippen LogP contribution in [0.25, 0.3) is 11.0 Å². The number of amides is 2. The van der Waals surface area contributed by atoms with Gasteiger partial charge in [-0.3, -0.25) is 5.21 Å². The summed E-state index contributed by atoms with van der Waals surface area (Å²) >= 11 is 8.94. The van der Waals surface area contributed by atoms with Crippen LogP contribution in [0.4, 0.5) is 10.5 Å². The van der Waals surface area contributed by atoms with E-state index in [2.05, 4.69) is 27.9 Å². The fraction of sp³-hybridized carbons (Fsp3) is 0.100.